The highest BCUT2D eigenvalue weighted by atomic mass is 35.5. The van der Waals surface area contributed by atoms with Crippen molar-refractivity contribution in [2.45, 2.75) is 19.9 Å². The molecule has 0 spiro atoms. The molecule has 1 saturated heterocycles. The lowest BCUT2D eigenvalue weighted by Gasteiger charge is -2.47. The van der Waals surface area contributed by atoms with Crippen LogP contribution in [0.25, 0.3) is 11.2 Å². The van der Waals surface area contributed by atoms with Crippen LogP contribution in [0.5, 0.6) is 0 Å². The second-order valence-electron chi connectivity index (χ2n) is 7.88. The van der Waals surface area contributed by atoms with Gasteiger partial charge in [-0.3, -0.25) is 14.2 Å². The summed E-state index contributed by atoms with van der Waals surface area (Å²) in [5, 5.41) is 5.11. The van der Waals surface area contributed by atoms with Gasteiger partial charge in [-0.15, -0.1) is 0 Å². The van der Waals surface area contributed by atoms with Crippen LogP contribution in [0.15, 0.2) is 53.7 Å². The van der Waals surface area contributed by atoms with Gasteiger partial charge in [0.25, 0.3) is 5.56 Å². The summed E-state index contributed by atoms with van der Waals surface area (Å²) < 4.78 is 3.08. The maximum absolute atomic E-state index is 13.6. The molecule has 0 saturated carbocycles. The van der Waals surface area contributed by atoms with Gasteiger partial charge in [-0.2, -0.15) is 32.1 Å². The second-order valence-corrected chi connectivity index (χ2v) is 8.29. The summed E-state index contributed by atoms with van der Waals surface area (Å²) in [5.41, 5.74) is 6.96. The van der Waals surface area contributed by atoms with Gasteiger partial charge in [0.1, 0.15) is 29.0 Å². The normalized spacial score (nSPS) is 17.0. The van der Waals surface area contributed by atoms with Crippen LogP contribution < -0.4 is 16.2 Å². The quantitative estimate of drug-likeness (QED) is 0.414. The molecule has 5 rings (SSSR count). The standard InChI is InChI=1S/C22H20ClN7O2.2H2S/c1-12-10-28(20-16(13(2)31)19(24)25-11-26-20)17(12)21-27-29-9-8-15(23)18(29)22(32)30(21)14-6-4-3-5-7-14;;/h3-9,11-12,17H,10H2,1-2H3,(H2,24,25,26);2*1H2/t12-,17-;;/m0../s1. The molecular weight excluding hydrogens is 494 g/mol. The van der Waals surface area contributed by atoms with E-state index in [2.05, 4.69) is 16.9 Å². The lowest BCUT2D eigenvalue weighted by molar-refractivity contribution is 0.101. The molecule has 0 aliphatic carbocycles. The number of para-hydroxylation sites is 1. The monoisotopic (exact) mass is 517 g/mol. The van der Waals surface area contributed by atoms with Crippen molar-refractivity contribution in [1.82, 2.24) is 24.1 Å². The van der Waals surface area contributed by atoms with Crippen molar-refractivity contribution in [3.05, 3.63) is 75.7 Å². The molecule has 0 unspecified atom stereocenters. The first-order valence-electron chi connectivity index (χ1n) is 10.1. The number of aromatic nitrogens is 5. The molecule has 4 heterocycles. The topological polar surface area (TPSA) is 111 Å². The van der Waals surface area contributed by atoms with Crippen molar-refractivity contribution in [3.8, 4) is 5.69 Å². The molecule has 0 bridgehead atoms. The van der Waals surface area contributed by atoms with E-state index in [0.29, 0.717) is 34.4 Å². The molecule has 34 heavy (non-hydrogen) atoms. The fourth-order valence-electron chi connectivity index (χ4n) is 4.32. The van der Waals surface area contributed by atoms with Gasteiger partial charge in [-0.05, 0) is 25.1 Å². The summed E-state index contributed by atoms with van der Waals surface area (Å²) in [6, 6.07) is 10.6. The van der Waals surface area contributed by atoms with Crippen LogP contribution in [0.1, 0.15) is 36.1 Å². The molecule has 12 heteroatoms. The number of carbonyl (C=O) groups is 1. The van der Waals surface area contributed by atoms with Crippen molar-refractivity contribution < 1.29 is 4.79 Å². The van der Waals surface area contributed by atoms with Crippen LogP contribution >= 0.6 is 38.6 Å². The molecule has 1 aliphatic rings. The average Bonchev–Trinajstić information content (AvgIpc) is 3.13. The fourth-order valence-corrected chi connectivity index (χ4v) is 4.54. The summed E-state index contributed by atoms with van der Waals surface area (Å²) in [6.07, 6.45) is 3.00. The molecule has 1 aliphatic heterocycles. The lowest BCUT2D eigenvalue weighted by atomic mass is 9.88. The first-order chi connectivity index (χ1) is 15.4. The first kappa shape index (κ1) is 25.6. The fraction of sp³-hybridized carbons (Fsp3) is 0.227. The van der Waals surface area contributed by atoms with Crippen LogP contribution in [0.2, 0.25) is 5.02 Å². The summed E-state index contributed by atoms with van der Waals surface area (Å²) in [7, 11) is 0. The van der Waals surface area contributed by atoms with E-state index < -0.39 is 0 Å². The highest BCUT2D eigenvalue weighted by Gasteiger charge is 2.43. The number of hydrogen-bond acceptors (Lipinski definition) is 7. The molecule has 1 aromatic carbocycles. The van der Waals surface area contributed by atoms with E-state index in [4.69, 9.17) is 22.4 Å². The molecule has 3 aromatic heterocycles. The zero-order chi connectivity index (χ0) is 22.6. The van der Waals surface area contributed by atoms with E-state index in [1.54, 1.807) is 16.8 Å². The van der Waals surface area contributed by atoms with Crippen LogP contribution in [-0.4, -0.2) is 36.5 Å². The number of nitrogen functional groups attached to an aromatic ring is 1. The molecule has 178 valence electrons. The van der Waals surface area contributed by atoms with Crippen molar-refractivity contribution in [3.63, 3.8) is 0 Å². The van der Waals surface area contributed by atoms with Gasteiger partial charge in [0.2, 0.25) is 0 Å². The lowest BCUT2D eigenvalue weighted by Crippen LogP contribution is -2.52. The van der Waals surface area contributed by atoms with Gasteiger partial charge in [0.15, 0.2) is 11.6 Å². The molecule has 0 amide bonds. The maximum atomic E-state index is 13.6. The predicted molar refractivity (Wildman–Crippen MR) is 142 cm³/mol. The Kier molecular flexibility index (Phi) is 7.29. The number of nitrogens with zero attached hydrogens (tertiary/aromatic N) is 6. The van der Waals surface area contributed by atoms with Gasteiger partial charge >= 0.3 is 0 Å². The van der Waals surface area contributed by atoms with Crippen LogP contribution in [-0.2, 0) is 0 Å². The Morgan fingerprint density at radius 2 is 1.85 bits per heavy atom. The third kappa shape index (κ3) is 3.93. The number of rotatable bonds is 4. The molecule has 2 atom stereocenters. The van der Waals surface area contributed by atoms with E-state index in [-0.39, 0.29) is 61.7 Å². The minimum absolute atomic E-state index is 0. The predicted octanol–water partition coefficient (Wildman–Crippen LogP) is 3.14. The Balaban J connectivity index is 0.00000162. The second kappa shape index (κ2) is 9.69. The van der Waals surface area contributed by atoms with Crippen LogP contribution in [0, 0.1) is 5.92 Å². The van der Waals surface area contributed by atoms with E-state index in [1.807, 2.05) is 35.2 Å². The van der Waals surface area contributed by atoms with Gasteiger partial charge in [-0.1, -0.05) is 36.7 Å². The summed E-state index contributed by atoms with van der Waals surface area (Å²) in [5.74, 6) is 0.995. The molecule has 4 aromatic rings. The number of Topliss-reactive ketones (excluding diaryl/α,β-unsaturated/α-hetero) is 1. The third-order valence-electron chi connectivity index (χ3n) is 5.78. The third-order valence-corrected chi connectivity index (χ3v) is 6.09. The van der Waals surface area contributed by atoms with Crippen molar-refractivity contribution in [2.75, 3.05) is 17.2 Å². The van der Waals surface area contributed by atoms with E-state index in [0.717, 1.165) is 0 Å². The minimum atomic E-state index is -0.319. The Morgan fingerprint density at radius 3 is 2.50 bits per heavy atom. The van der Waals surface area contributed by atoms with Gasteiger partial charge in [-0.25, -0.2) is 14.5 Å². The largest absolute Gasteiger partial charge is 0.383 e. The smallest absolute Gasteiger partial charge is 0.284 e. The van der Waals surface area contributed by atoms with E-state index in [1.165, 1.54) is 17.8 Å². The van der Waals surface area contributed by atoms with Crippen LogP contribution in [0.3, 0.4) is 0 Å². The summed E-state index contributed by atoms with van der Waals surface area (Å²) in [6.45, 7) is 4.12. The Hall–Kier alpha value is -3.02. The van der Waals surface area contributed by atoms with E-state index >= 15 is 0 Å². The van der Waals surface area contributed by atoms with Crippen molar-refractivity contribution in [1.29, 1.82) is 0 Å². The highest BCUT2D eigenvalue weighted by Crippen LogP contribution is 2.42. The van der Waals surface area contributed by atoms with Gasteiger partial charge < -0.3 is 10.6 Å². The molecule has 2 N–H and O–H groups in total. The van der Waals surface area contributed by atoms with Gasteiger partial charge in [0.05, 0.1) is 16.8 Å². The highest BCUT2D eigenvalue weighted by molar-refractivity contribution is 7.59. The Labute approximate surface area is 214 Å². The van der Waals surface area contributed by atoms with E-state index in [9.17, 15) is 9.59 Å². The molecular formula is C22H24ClN7O2S2. The Bertz CT molecular complexity index is 1420. The van der Waals surface area contributed by atoms with Crippen LogP contribution in [0.4, 0.5) is 11.6 Å². The number of carbonyl (C=O) groups excluding carboxylic acids is 1. The number of ketones is 1. The maximum Gasteiger partial charge on any atom is 0.284 e. The number of benzene rings is 1. The zero-order valence-electron chi connectivity index (χ0n) is 18.4. The number of fused-ring (bicyclic) bond motifs is 1. The summed E-state index contributed by atoms with van der Waals surface area (Å²) in [4.78, 5) is 36.1. The van der Waals surface area contributed by atoms with Crippen molar-refractivity contribution >= 4 is 61.5 Å². The molecule has 1 fully saturated rings. The Morgan fingerprint density at radius 1 is 1.15 bits per heavy atom. The molecule has 9 nitrogen and oxygen atoms in total. The summed E-state index contributed by atoms with van der Waals surface area (Å²) >= 11 is 6.29. The zero-order valence-corrected chi connectivity index (χ0v) is 21.2. The first-order valence-corrected chi connectivity index (χ1v) is 10.5. The number of hydrogen-bond donors (Lipinski definition) is 1. The number of nitrogens with two attached hydrogens (primary N) is 1. The SMILES string of the molecule is CC(=O)c1c(N)ncnc1N1C[C@H](C)[C@H]1c1nn2ccc(Cl)c2c(=O)n1-c1ccccc1.S.S. The average molecular weight is 518 g/mol. The molecule has 0 radical (unpaired) electrons. The number of anilines is 2. The van der Waals surface area contributed by atoms with Crippen molar-refractivity contribution in [2.24, 2.45) is 5.92 Å². The number of halogens is 1. The minimum Gasteiger partial charge on any atom is -0.383 e. The van der Waals surface area contributed by atoms with Gasteiger partial charge in [0, 0.05) is 18.7 Å².